The number of pyridine rings is 1. The maximum Gasteiger partial charge on any atom is 0.431 e. The van der Waals surface area contributed by atoms with E-state index in [2.05, 4.69) is 36.2 Å². The van der Waals surface area contributed by atoms with Gasteiger partial charge in [-0.3, -0.25) is 19.4 Å². The van der Waals surface area contributed by atoms with Gasteiger partial charge in [0.25, 0.3) is 0 Å². The molecule has 3 saturated heterocycles. The third-order valence-corrected chi connectivity index (χ3v) is 7.08. The molecule has 2 aromatic rings. The van der Waals surface area contributed by atoms with Gasteiger partial charge in [0.2, 0.25) is 5.91 Å². The molecule has 4 aliphatic heterocycles. The molecule has 0 aliphatic carbocycles. The number of aryl methyl sites for hydroxylation is 1. The van der Waals surface area contributed by atoms with Gasteiger partial charge in [-0.2, -0.15) is 18.3 Å². The summed E-state index contributed by atoms with van der Waals surface area (Å²) in [5.41, 5.74) is 2.64. The molecule has 2 bridgehead atoms. The van der Waals surface area contributed by atoms with Crippen molar-refractivity contribution < 1.29 is 18.0 Å². The minimum absolute atomic E-state index is 0.00648. The third kappa shape index (κ3) is 4.16. The Labute approximate surface area is 200 Å². The van der Waals surface area contributed by atoms with Gasteiger partial charge in [0, 0.05) is 45.2 Å². The molecule has 12 heteroatoms. The Morgan fingerprint density at radius 1 is 1.14 bits per heavy atom. The smallest absolute Gasteiger partial charge is 0.350 e. The van der Waals surface area contributed by atoms with E-state index in [1.807, 2.05) is 12.1 Å². The first-order chi connectivity index (χ1) is 16.3. The number of rotatable bonds is 3. The van der Waals surface area contributed by atoms with Crippen LogP contribution in [0.15, 0.2) is 22.0 Å². The zero-order valence-corrected chi connectivity index (χ0v) is 20.3. The van der Waals surface area contributed by atoms with E-state index in [0.29, 0.717) is 25.3 Å². The van der Waals surface area contributed by atoms with Crippen LogP contribution in [0.25, 0.3) is 11.2 Å². The zero-order chi connectivity index (χ0) is 25.3. The number of imidazole rings is 1. The molecule has 3 atom stereocenters. The van der Waals surface area contributed by atoms with Crippen molar-refractivity contribution in [2.75, 3.05) is 18.0 Å². The van der Waals surface area contributed by atoms with Gasteiger partial charge in [-0.1, -0.05) is 20.8 Å². The third-order valence-electron chi connectivity index (χ3n) is 7.08. The first-order valence-corrected chi connectivity index (χ1v) is 11.9. The highest BCUT2D eigenvalue weighted by molar-refractivity contribution is 5.97. The summed E-state index contributed by atoms with van der Waals surface area (Å²) in [7, 11) is 1.72. The van der Waals surface area contributed by atoms with Crippen molar-refractivity contribution in [1.82, 2.24) is 24.4 Å². The van der Waals surface area contributed by atoms with E-state index >= 15 is 0 Å². The quantitative estimate of drug-likeness (QED) is 0.709. The number of piperidine rings is 2. The van der Waals surface area contributed by atoms with Crippen LogP contribution in [-0.4, -0.2) is 68.0 Å². The molecule has 1 amide bonds. The lowest BCUT2D eigenvalue weighted by Gasteiger charge is -2.52. The van der Waals surface area contributed by atoms with Gasteiger partial charge in [-0.25, -0.2) is 9.78 Å². The van der Waals surface area contributed by atoms with Crippen molar-refractivity contribution in [3.63, 3.8) is 0 Å². The number of carbonyl (C=O) groups is 1. The van der Waals surface area contributed by atoms with Crippen LogP contribution in [0, 0.1) is 5.41 Å². The topological polar surface area (TPSA) is 87.8 Å². The molecule has 3 unspecified atom stereocenters. The Hall–Kier alpha value is -3.05. The molecule has 1 N–H and O–H groups in total. The lowest BCUT2D eigenvalue weighted by Crippen LogP contribution is -2.66. The van der Waals surface area contributed by atoms with E-state index < -0.39 is 24.4 Å². The summed E-state index contributed by atoms with van der Waals surface area (Å²) in [6.07, 6.45) is -3.33. The average molecular weight is 494 g/mol. The SMILES string of the molecule is Cn1c(=O)n(CC(C)(C)C)c2ccc(N3CC4CCC3CN4C(=O)C3CC(C(F)(F)F)=NN3)nc21. The summed E-state index contributed by atoms with van der Waals surface area (Å²) < 4.78 is 42.1. The van der Waals surface area contributed by atoms with Gasteiger partial charge in [-0.15, -0.1) is 0 Å². The molecule has 0 saturated carbocycles. The Bertz CT molecular complexity index is 1260. The number of anilines is 1. The van der Waals surface area contributed by atoms with Crippen LogP contribution in [0.3, 0.4) is 0 Å². The van der Waals surface area contributed by atoms with E-state index in [4.69, 9.17) is 4.98 Å². The number of hydrogen-bond donors (Lipinski definition) is 1. The first-order valence-electron chi connectivity index (χ1n) is 11.9. The van der Waals surface area contributed by atoms with Gasteiger partial charge < -0.3 is 9.80 Å². The van der Waals surface area contributed by atoms with Gasteiger partial charge >= 0.3 is 11.9 Å². The number of nitrogens with one attached hydrogen (secondary N) is 1. The van der Waals surface area contributed by atoms with Crippen molar-refractivity contribution in [2.24, 2.45) is 17.6 Å². The second-order valence-electron chi connectivity index (χ2n) is 11.0. The summed E-state index contributed by atoms with van der Waals surface area (Å²) in [5, 5.41) is 3.34. The molecule has 0 spiro atoms. The minimum atomic E-state index is -4.53. The normalized spacial score (nSPS) is 24.8. The van der Waals surface area contributed by atoms with Crippen LogP contribution in [0.1, 0.15) is 40.0 Å². The van der Waals surface area contributed by atoms with Crippen molar-refractivity contribution in [3.05, 3.63) is 22.6 Å². The van der Waals surface area contributed by atoms with Crippen LogP contribution in [0.2, 0.25) is 0 Å². The van der Waals surface area contributed by atoms with Crippen LogP contribution in [-0.2, 0) is 18.4 Å². The van der Waals surface area contributed by atoms with E-state index in [1.165, 1.54) is 0 Å². The fourth-order valence-electron chi connectivity index (χ4n) is 5.39. The molecule has 6 rings (SSSR count). The van der Waals surface area contributed by atoms with Crippen LogP contribution < -0.4 is 16.0 Å². The van der Waals surface area contributed by atoms with E-state index in [1.54, 1.807) is 21.1 Å². The van der Waals surface area contributed by atoms with Crippen molar-refractivity contribution in [3.8, 4) is 0 Å². The highest BCUT2D eigenvalue weighted by Crippen LogP contribution is 2.34. The van der Waals surface area contributed by atoms with Gasteiger partial charge in [0.05, 0.1) is 5.52 Å². The number of hydrogen-bond acceptors (Lipinski definition) is 6. The van der Waals surface area contributed by atoms with Gasteiger partial charge in [-0.05, 0) is 30.4 Å². The second kappa shape index (κ2) is 7.99. The highest BCUT2D eigenvalue weighted by atomic mass is 19.4. The molecular weight excluding hydrogens is 463 g/mol. The zero-order valence-electron chi connectivity index (χ0n) is 20.3. The molecule has 2 aromatic heterocycles. The van der Waals surface area contributed by atoms with Crippen molar-refractivity contribution in [2.45, 2.75) is 70.9 Å². The predicted molar refractivity (Wildman–Crippen MR) is 125 cm³/mol. The Morgan fingerprint density at radius 2 is 1.86 bits per heavy atom. The molecule has 9 nitrogen and oxygen atoms in total. The minimum Gasteiger partial charge on any atom is -0.350 e. The Balaban J connectivity index is 1.35. The Kier molecular flexibility index (Phi) is 5.41. The van der Waals surface area contributed by atoms with Crippen molar-refractivity contribution >= 4 is 28.6 Å². The fraction of sp³-hybridized carbons (Fsp3) is 0.652. The number of amides is 1. The number of halogens is 3. The monoisotopic (exact) mass is 493 g/mol. The van der Waals surface area contributed by atoms with Crippen molar-refractivity contribution in [1.29, 1.82) is 0 Å². The number of fused-ring (bicyclic) bond motifs is 4. The fourth-order valence-corrected chi connectivity index (χ4v) is 5.39. The average Bonchev–Trinajstić information content (AvgIpc) is 3.38. The number of alkyl halides is 3. The molecular formula is C23H30F3N7O2. The maximum absolute atomic E-state index is 13.0. The summed E-state index contributed by atoms with van der Waals surface area (Å²) >= 11 is 0. The number of nitrogens with zero attached hydrogens (tertiary/aromatic N) is 6. The molecule has 0 radical (unpaired) electrons. The maximum atomic E-state index is 13.0. The highest BCUT2D eigenvalue weighted by Gasteiger charge is 2.47. The standard InChI is InChI=1S/C23H30F3N7O2/c1-22(2,3)12-33-16-7-8-18(27-19(16)30(4)21(33)35)31-10-14-6-5-13(31)11-32(14)20(34)15-9-17(29-28-15)23(24,25)26/h7-8,13-15,28H,5-6,9-12H2,1-4H3. The summed E-state index contributed by atoms with van der Waals surface area (Å²) in [6.45, 7) is 7.78. The van der Waals surface area contributed by atoms with Gasteiger partial charge in [0.15, 0.2) is 5.65 Å². The van der Waals surface area contributed by atoms with Gasteiger partial charge in [0.1, 0.15) is 17.6 Å². The Morgan fingerprint density at radius 3 is 2.46 bits per heavy atom. The lowest BCUT2D eigenvalue weighted by atomic mass is 9.90. The molecule has 6 heterocycles. The lowest BCUT2D eigenvalue weighted by molar-refractivity contribution is -0.138. The summed E-state index contributed by atoms with van der Waals surface area (Å²) in [6, 6.07) is 2.75. The number of carbonyl (C=O) groups excluding carboxylic acids is 1. The molecule has 3 fully saturated rings. The number of hydrazone groups is 1. The van der Waals surface area contributed by atoms with E-state index in [0.717, 1.165) is 24.2 Å². The molecule has 190 valence electrons. The second-order valence-corrected chi connectivity index (χ2v) is 11.0. The van der Waals surface area contributed by atoms with Crippen LogP contribution in [0.5, 0.6) is 0 Å². The first kappa shape index (κ1) is 23.7. The summed E-state index contributed by atoms with van der Waals surface area (Å²) in [4.78, 5) is 34.6. The molecule has 0 aromatic carbocycles. The largest absolute Gasteiger partial charge is 0.431 e. The van der Waals surface area contributed by atoms with Crippen LogP contribution in [0.4, 0.5) is 19.0 Å². The number of piperazine rings is 1. The molecule has 35 heavy (non-hydrogen) atoms. The van der Waals surface area contributed by atoms with E-state index in [9.17, 15) is 22.8 Å². The van der Waals surface area contributed by atoms with E-state index in [-0.39, 0.29) is 29.1 Å². The summed E-state index contributed by atoms with van der Waals surface area (Å²) in [5.74, 6) is 0.400. The molecule has 4 aliphatic rings. The number of aromatic nitrogens is 3. The predicted octanol–water partition coefficient (Wildman–Crippen LogP) is 2.24. The van der Waals surface area contributed by atoms with Crippen LogP contribution >= 0.6 is 0 Å².